The third-order valence-corrected chi connectivity index (χ3v) is 5.10. The van der Waals surface area contributed by atoms with Gasteiger partial charge in [0.25, 0.3) is 5.89 Å². The van der Waals surface area contributed by atoms with Crippen LogP contribution >= 0.6 is 11.6 Å². The number of aromatic nitrogens is 3. The van der Waals surface area contributed by atoms with Crippen LogP contribution in [0, 0.1) is 6.92 Å². The monoisotopic (exact) mass is 420 g/mol. The molecule has 4 aromatic rings. The van der Waals surface area contributed by atoms with E-state index in [2.05, 4.69) is 15.5 Å². The van der Waals surface area contributed by atoms with Gasteiger partial charge in [-0.2, -0.15) is 4.98 Å². The van der Waals surface area contributed by atoms with E-state index < -0.39 is 0 Å². The van der Waals surface area contributed by atoms with E-state index in [9.17, 15) is 4.79 Å². The molecule has 0 unspecified atom stereocenters. The lowest BCUT2D eigenvalue weighted by Crippen LogP contribution is -2.30. The van der Waals surface area contributed by atoms with Crippen molar-refractivity contribution in [3.63, 3.8) is 0 Å². The van der Waals surface area contributed by atoms with Gasteiger partial charge in [-0.1, -0.05) is 46.6 Å². The summed E-state index contributed by atoms with van der Waals surface area (Å²) in [5, 5.41) is 7.72. The Kier molecular flexibility index (Phi) is 5.68. The number of nitrogens with zero attached hydrogens (tertiary/aromatic N) is 3. The first-order valence-electron chi connectivity index (χ1n) is 9.60. The maximum atomic E-state index is 12.6. The molecule has 0 saturated heterocycles. The summed E-state index contributed by atoms with van der Waals surface area (Å²) in [6.07, 6.45) is 1.82. The molecule has 4 rings (SSSR count). The van der Waals surface area contributed by atoms with Crippen molar-refractivity contribution >= 4 is 17.5 Å². The minimum absolute atomic E-state index is 0.0861. The molecule has 2 aromatic carbocycles. The Bertz CT molecular complexity index is 1150. The lowest BCUT2D eigenvalue weighted by Gasteiger charge is -2.15. The SMILES string of the molecule is Cc1ccc([C@H](C)NC(=O)Cn2cccc2-c2nc(-c3ccc(Cl)cc3)no2)cc1. The standard InChI is InChI=1S/C23H21ClN4O2/c1-15-5-7-17(8-6-15)16(2)25-21(29)14-28-13-3-4-20(28)23-26-22(27-30-23)18-9-11-19(24)12-10-18/h3-13,16H,14H2,1-2H3,(H,25,29)/t16-/m0/s1. The van der Waals surface area contributed by atoms with Gasteiger partial charge in [-0.25, -0.2) is 0 Å². The second kappa shape index (κ2) is 8.55. The Morgan fingerprint density at radius 2 is 1.87 bits per heavy atom. The normalized spacial score (nSPS) is 12.0. The van der Waals surface area contributed by atoms with Crippen molar-refractivity contribution in [3.05, 3.63) is 83.0 Å². The summed E-state index contributed by atoms with van der Waals surface area (Å²) in [7, 11) is 0. The fourth-order valence-corrected chi connectivity index (χ4v) is 3.30. The van der Waals surface area contributed by atoms with Gasteiger partial charge in [0, 0.05) is 16.8 Å². The molecule has 0 aliphatic heterocycles. The van der Waals surface area contributed by atoms with Crippen LogP contribution in [0.2, 0.25) is 5.02 Å². The summed E-state index contributed by atoms with van der Waals surface area (Å²) in [5.41, 5.74) is 3.73. The minimum atomic E-state index is -0.0991. The van der Waals surface area contributed by atoms with E-state index >= 15 is 0 Å². The van der Waals surface area contributed by atoms with Crippen molar-refractivity contribution in [2.45, 2.75) is 26.4 Å². The molecule has 1 atom stereocenters. The lowest BCUT2D eigenvalue weighted by atomic mass is 10.1. The molecular formula is C23H21ClN4O2. The number of benzene rings is 2. The van der Waals surface area contributed by atoms with Crippen LogP contribution < -0.4 is 5.32 Å². The lowest BCUT2D eigenvalue weighted by molar-refractivity contribution is -0.122. The first-order valence-corrected chi connectivity index (χ1v) is 9.98. The van der Waals surface area contributed by atoms with Gasteiger partial charge in [-0.3, -0.25) is 4.79 Å². The average molecular weight is 421 g/mol. The molecule has 0 fully saturated rings. The molecule has 0 radical (unpaired) electrons. The van der Waals surface area contributed by atoms with Crippen LogP contribution in [-0.2, 0) is 11.3 Å². The molecule has 2 heterocycles. The van der Waals surface area contributed by atoms with Crippen LogP contribution in [0.25, 0.3) is 23.0 Å². The number of halogens is 1. The molecule has 1 amide bonds. The average Bonchev–Trinajstić information content (AvgIpc) is 3.38. The molecule has 7 heteroatoms. The summed E-state index contributed by atoms with van der Waals surface area (Å²) in [5.74, 6) is 0.717. The van der Waals surface area contributed by atoms with Gasteiger partial charge in [0.2, 0.25) is 11.7 Å². The molecular weight excluding hydrogens is 400 g/mol. The van der Waals surface area contributed by atoms with Gasteiger partial charge < -0.3 is 14.4 Å². The van der Waals surface area contributed by atoms with Crippen molar-refractivity contribution in [1.29, 1.82) is 0 Å². The second-order valence-electron chi connectivity index (χ2n) is 7.15. The largest absolute Gasteiger partial charge is 0.348 e. The predicted molar refractivity (Wildman–Crippen MR) is 116 cm³/mol. The first-order chi connectivity index (χ1) is 14.5. The van der Waals surface area contributed by atoms with Gasteiger partial charge in [0.15, 0.2) is 0 Å². The number of carbonyl (C=O) groups excluding carboxylic acids is 1. The van der Waals surface area contributed by atoms with Gasteiger partial charge in [0.05, 0.1) is 6.04 Å². The molecule has 1 N–H and O–H groups in total. The van der Waals surface area contributed by atoms with E-state index in [1.165, 1.54) is 5.56 Å². The van der Waals surface area contributed by atoms with Gasteiger partial charge >= 0.3 is 0 Å². The van der Waals surface area contributed by atoms with Crippen LogP contribution in [0.3, 0.4) is 0 Å². The Labute approximate surface area is 179 Å². The number of hydrogen-bond acceptors (Lipinski definition) is 4. The molecule has 30 heavy (non-hydrogen) atoms. The number of rotatable bonds is 6. The quantitative estimate of drug-likeness (QED) is 0.474. The number of nitrogens with one attached hydrogen (secondary N) is 1. The van der Waals surface area contributed by atoms with Crippen molar-refractivity contribution < 1.29 is 9.32 Å². The zero-order valence-electron chi connectivity index (χ0n) is 16.7. The molecule has 0 spiro atoms. The fourth-order valence-electron chi connectivity index (χ4n) is 3.17. The third kappa shape index (κ3) is 4.44. The molecule has 0 aliphatic rings. The smallest absolute Gasteiger partial charge is 0.274 e. The topological polar surface area (TPSA) is 73.0 Å². The molecule has 0 saturated carbocycles. The predicted octanol–water partition coefficient (Wildman–Crippen LogP) is 5.04. The molecule has 0 bridgehead atoms. The van der Waals surface area contributed by atoms with Crippen molar-refractivity contribution in [1.82, 2.24) is 20.0 Å². The van der Waals surface area contributed by atoms with E-state index in [0.717, 1.165) is 11.1 Å². The summed E-state index contributed by atoms with van der Waals surface area (Å²) in [6, 6.07) is 18.9. The van der Waals surface area contributed by atoms with Crippen molar-refractivity contribution in [3.8, 4) is 23.0 Å². The highest BCUT2D eigenvalue weighted by Crippen LogP contribution is 2.24. The van der Waals surface area contributed by atoms with Gasteiger partial charge in [-0.05, 0) is 55.8 Å². The number of amides is 1. The Hall–Kier alpha value is -3.38. The fraction of sp³-hybridized carbons (Fsp3) is 0.174. The highest BCUT2D eigenvalue weighted by Gasteiger charge is 2.16. The summed E-state index contributed by atoms with van der Waals surface area (Å²) >= 11 is 5.93. The van der Waals surface area contributed by atoms with E-state index in [0.29, 0.717) is 22.4 Å². The van der Waals surface area contributed by atoms with E-state index in [1.807, 2.05) is 68.6 Å². The zero-order valence-corrected chi connectivity index (χ0v) is 17.4. The van der Waals surface area contributed by atoms with E-state index in [-0.39, 0.29) is 18.5 Å². The van der Waals surface area contributed by atoms with Crippen LogP contribution in [0.4, 0.5) is 0 Å². The Morgan fingerprint density at radius 3 is 2.60 bits per heavy atom. The van der Waals surface area contributed by atoms with Crippen LogP contribution in [0.1, 0.15) is 24.1 Å². The number of carbonyl (C=O) groups is 1. The summed E-state index contributed by atoms with van der Waals surface area (Å²) in [4.78, 5) is 17.1. The van der Waals surface area contributed by atoms with E-state index in [1.54, 1.807) is 16.7 Å². The molecule has 6 nitrogen and oxygen atoms in total. The highest BCUT2D eigenvalue weighted by molar-refractivity contribution is 6.30. The summed E-state index contributed by atoms with van der Waals surface area (Å²) < 4.78 is 7.22. The molecule has 0 aliphatic carbocycles. The maximum absolute atomic E-state index is 12.6. The van der Waals surface area contributed by atoms with Gasteiger partial charge in [0.1, 0.15) is 12.2 Å². The van der Waals surface area contributed by atoms with E-state index in [4.69, 9.17) is 16.1 Å². The van der Waals surface area contributed by atoms with Crippen LogP contribution in [0.15, 0.2) is 71.4 Å². The Balaban J connectivity index is 1.46. The van der Waals surface area contributed by atoms with Crippen molar-refractivity contribution in [2.24, 2.45) is 0 Å². The van der Waals surface area contributed by atoms with Crippen molar-refractivity contribution in [2.75, 3.05) is 0 Å². The van der Waals surface area contributed by atoms with Gasteiger partial charge in [-0.15, -0.1) is 0 Å². The zero-order chi connectivity index (χ0) is 21.1. The minimum Gasteiger partial charge on any atom is -0.348 e. The number of aryl methyl sites for hydroxylation is 1. The van der Waals surface area contributed by atoms with Crippen LogP contribution in [0.5, 0.6) is 0 Å². The van der Waals surface area contributed by atoms with Crippen LogP contribution in [-0.4, -0.2) is 20.6 Å². The third-order valence-electron chi connectivity index (χ3n) is 4.85. The Morgan fingerprint density at radius 1 is 1.13 bits per heavy atom. The maximum Gasteiger partial charge on any atom is 0.274 e. The summed E-state index contributed by atoms with van der Waals surface area (Å²) in [6.45, 7) is 4.16. The molecule has 2 aromatic heterocycles. The highest BCUT2D eigenvalue weighted by atomic mass is 35.5. The molecule has 152 valence electrons. The number of hydrogen-bond donors (Lipinski definition) is 1. The first kappa shape index (κ1) is 19.9. The second-order valence-corrected chi connectivity index (χ2v) is 7.59.